The molecule has 1 aliphatic rings. The zero-order valence-corrected chi connectivity index (χ0v) is 13.4. The van der Waals surface area contributed by atoms with Gasteiger partial charge in [-0.3, -0.25) is 0 Å². The molecule has 18 heavy (non-hydrogen) atoms. The van der Waals surface area contributed by atoms with Gasteiger partial charge in [0.25, 0.3) is 0 Å². The van der Waals surface area contributed by atoms with Gasteiger partial charge in [-0.25, -0.2) is 0 Å². The molecule has 100 valence electrons. The molecule has 2 rings (SSSR count). The summed E-state index contributed by atoms with van der Waals surface area (Å²) in [5.41, 5.74) is 1.37. The van der Waals surface area contributed by atoms with Crippen molar-refractivity contribution in [1.82, 2.24) is 0 Å². The van der Waals surface area contributed by atoms with E-state index in [1.807, 2.05) is 0 Å². The molecule has 0 bridgehead atoms. The summed E-state index contributed by atoms with van der Waals surface area (Å²) in [5.74, 6) is 0.488. The summed E-state index contributed by atoms with van der Waals surface area (Å²) >= 11 is 1.78. The van der Waals surface area contributed by atoms with Gasteiger partial charge in [0.1, 0.15) is 6.29 Å². The number of benzene rings is 1. The molecule has 0 N–H and O–H groups in total. The Bertz CT molecular complexity index is 386. The van der Waals surface area contributed by atoms with Crippen LogP contribution in [-0.4, -0.2) is 27.5 Å². The predicted octanol–water partition coefficient (Wildman–Crippen LogP) is 4.09. The summed E-state index contributed by atoms with van der Waals surface area (Å²) in [6.07, 6.45) is 3.09. The number of hydrogen-bond acceptors (Lipinski definition) is 3. The Morgan fingerprint density at radius 3 is 2.44 bits per heavy atom. The lowest BCUT2D eigenvalue weighted by molar-refractivity contribution is -0.0449. The molecule has 0 aliphatic carbocycles. The highest BCUT2D eigenvalue weighted by atomic mass is 32.2. The van der Waals surface area contributed by atoms with Crippen LogP contribution in [0, 0.1) is 0 Å². The van der Waals surface area contributed by atoms with Gasteiger partial charge in [0.15, 0.2) is 8.32 Å². The second-order valence-electron chi connectivity index (χ2n) is 5.70. The minimum absolute atomic E-state index is 0.00175. The highest BCUT2D eigenvalue weighted by Crippen LogP contribution is 2.32. The lowest BCUT2D eigenvalue weighted by atomic mass is 9.98. The third kappa shape index (κ3) is 3.85. The Labute approximate surface area is 115 Å². The Kier molecular flexibility index (Phi) is 4.53. The summed E-state index contributed by atoms with van der Waals surface area (Å²) in [4.78, 5) is 1.31. The van der Waals surface area contributed by atoms with Crippen molar-refractivity contribution in [2.24, 2.45) is 0 Å². The number of thioether (sulfide) groups is 1. The zero-order chi connectivity index (χ0) is 13.2. The fraction of sp³-hybridized carbons (Fsp3) is 0.571. The zero-order valence-electron chi connectivity index (χ0n) is 11.6. The van der Waals surface area contributed by atoms with Crippen molar-refractivity contribution < 1.29 is 9.16 Å². The Balaban J connectivity index is 1.95. The summed E-state index contributed by atoms with van der Waals surface area (Å²) in [6, 6.07) is 8.81. The van der Waals surface area contributed by atoms with Crippen molar-refractivity contribution >= 4 is 20.1 Å². The third-order valence-corrected chi connectivity index (χ3v) is 4.75. The van der Waals surface area contributed by atoms with E-state index in [1.165, 1.54) is 10.5 Å². The van der Waals surface area contributed by atoms with Gasteiger partial charge in [-0.1, -0.05) is 12.1 Å². The smallest absolute Gasteiger partial charge is 0.187 e. The first-order chi connectivity index (χ1) is 8.48. The first-order valence-electron chi connectivity index (χ1n) is 6.41. The molecule has 0 radical (unpaired) electrons. The SMILES string of the molecule is CSc1ccc(C2COC(O[Si](C)(C)C)C2)cc1. The molecular formula is C14H22O2SSi. The molecule has 1 aromatic rings. The predicted molar refractivity (Wildman–Crippen MR) is 79.8 cm³/mol. The summed E-state index contributed by atoms with van der Waals surface area (Å²) in [7, 11) is -1.50. The van der Waals surface area contributed by atoms with Crippen LogP contribution in [0.5, 0.6) is 0 Å². The molecule has 1 fully saturated rings. The second kappa shape index (κ2) is 5.78. The molecule has 1 saturated heterocycles. The van der Waals surface area contributed by atoms with Crippen LogP contribution in [0.15, 0.2) is 29.2 Å². The maximum atomic E-state index is 6.01. The molecule has 0 aromatic heterocycles. The maximum absolute atomic E-state index is 6.01. The van der Waals surface area contributed by atoms with Crippen molar-refractivity contribution in [2.45, 2.75) is 43.2 Å². The second-order valence-corrected chi connectivity index (χ2v) is 11.0. The topological polar surface area (TPSA) is 18.5 Å². The minimum Gasteiger partial charge on any atom is -0.393 e. The van der Waals surface area contributed by atoms with E-state index < -0.39 is 8.32 Å². The fourth-order valence-electron chi connectivity index (χ4n) is 2.18. The number of rotatable bonds is 4. The molecular weight excluding hydrogens is 260 g/mol. The van der Waals surface area contributed by atoms with E-state index in [0.29, 0.717) is 5.92 Å². The standard InChI is InChI=1S/C14H22O2SSi/c1-17-13-7-5-11(6-8-13)12-9-14(15-10-12)16-18(2,3)4/h5-8,12,14H,9-10H2,1-4H3. The molecule has 0 saturated carbocycles. The van der Waals surface area contributed by atoms with Crippen molar-refractivity contribution in [2.75, 3.05) is 12.9 Å². The molecule has 0 spiro atoms. The van der Waals surface area contributed by atoms with Crippen LogP contribution < -0.4 is 0 Å². The molecule has 0 amide bonds. The van der Waals surface area contributed by atoms with Crippen molar-refractivity contribution in [3.63, 3.8) is 0 Å². The van der Waals surface area contributed by atoms with Gasteiger partial charge in [0.05, 0.1) is 6.61 Å². The highest BCUT2D eigenvalue weighted by molar-refractivity contribution is 7.98. The van der Waals surface area contributed by atoms with Crippen LogP contribution >= 0.6 is 11.8 Å². The normalized spacial score (nSPS) is 24.4. The van der Waals surface area contributed by atoms with Crippen molar-refractivity contribution in [1.29, 1.82) is 0 Å². The van der Waals surface area contributed by atoms with E-state index in [4.69, 9.17) is 9.16 Å². The molecule has 2 nitrogen and oxygen atoms in total. The van der Waals surface area contributed by atoms with E-state index in [1.54, 1.807) is 11.8 Å². The van der Waals surface area contributed by atoms with Crippen LogP contribution in [-0.2, 0) is 9.16 Å². The minimum atomic E-state index is -1.50. The summed E-state index contributed by atoms with van der Waals surface area (Å²) in [6.45, 7) is 7.40. The van der Waals surface area contributed by atoms with E-state index in [2.05, 4.69) is 50.2 Å². The molecule has 2 unspecified atom stereocenters. The van der Waals surface area contributed by atoms with Gasteiger partial charge in [-0.05, 0) is 43.6 Å². The largest absolute Gasteiger partial charge is 0.393 e. The van der Waals surface area contributed by atoms with Gasteiger partial charge < -0.3 is 9.16 Å². The third-order valence-electron chi connectivity index (χ3n) is 3.03. The molecule has 1 aliphatic heterocycles. The summed E-state index contributed by atoms with van der Waals surface area (Å²) < 4.78 is 11.8. The van der Waals surface area contributed by atoms with Gasteiger partial charge in [0, 0.05) is 17.2 Å². The molecule has 1 aromatic carbocycles. The Hall–Kier alpha value is -0.293. The van der Waals surface area contributed by atoms with Gasteiger partial charge >= 0.3 is 0 Å². The van der Waals surface area contributed by atoms with Gasteiger partial charge in [-0.15, -0.1) is 11.8 Å². The Morgan fingerprint density at radius 2 is 1.89 bits per heavy atom. The van der Waals surface area contributed by atoms with E-state index in [9.17, 15) is 0 Å². The number of hydrogen-bond donors (Lipinski definition) is 0. The average Bonchev–Trinajstić information content (AvgIpc) is 2.75. The fourth-order valence-corrected chi connectivity index (χ4v) is 3.54. The summed E-state index contributed by atoms with van der Waals surface area (Å²) in [5, 5.41) is 0. The first-order valence-corrected chi connectivity index (χ1v) is 11.0. The van der Waals surface area contributed by atoms with Crippen molar-refractivity contribution in [3.05, 3.63) is 29.8 Å². The monoisotopic (exact) mass is 282 g/mol. The maximum Gasteiger partial charge on any atom is 0.187 e. The Morgan fingerprint density at radius 1 is 1.22 bits per heavy atom. The average molecular weight is 282 g/mol. The first kappa shape index (κ1) is 14.1. The lowest BCUT2D eigenvalue weighted by Gasteiger charge is -2.22. The van der Waals surface area contributed by atoms with Crippen LogP contribution in [0.25, 0.3) is 0 Å². The quantitative estimate of drug-likeness (QED) is 0.612. The van der Waals surface area contributed by atoms with E-state index in [-0.39, 0.29) is 6.29 Å². The van der Waals surface area contributed by atoms with E-state index in [0.717, 1.165) is 13.0 Å². The van der Waals surface area contributed by atoms with Crippen LogP contribution in [0.3, 0.4) is 0 Å². The van der Waals surface area contributed by atoms with E-state index >= 15 is 0 Å². The van der Waals surface area contributed by atoms with Gasteiger partial charge in [0.2, 0.25) is 0 Å². The highest BCUT2D eigenvalue weighted by Gasteiger charge is 2.30. The lowest BCUT2D eigenvalue weighted by Crippen LogP contribution is -2.31. The van der Waals surface area contributed by atoms with Gasteiger partial charge in [-0.2, -0.15) is 0 Å². The molecule has 1 heterocycles. The van der Waals surface area contributed by atoms with Crippen molar-refractivity contribution in [3.8, 4) is 0 Å². The van der Waals surface area contributed by atoms with Crippen LogP contribution in [0.4, 0.5) is 0 Å². The number of ether oxygens (including phenoxy) is 1. The van der Waals surface area contributed by atoms with Crippen LogP contribution in [0.2, 0.25) is 19.6 Å². The van der Waals surface area contributed by atoms with Crippen LogP contribution in [0.1, 0.15) is 17.9 Å². The molecule has 2 atom stereocenters. The molecule has 4 heteroatoms.